The van der Waals surface area contributed by atoms with Gasteiger partial charge in [0.25, 0.3) is 0 Å². The molecule has 0 spiro atoms. The Morgan fingerprint density at radius 2 is 2.00 bits per heavy atom. The maximum Gasteiger partial charge on any atom is -0.0245 e. The molecule has 0 nitrogen and oxygen atoms in total. The fourth-order valence-corrected chi connectivity index (χ4v) is 1.88. The monoisotopic (exact) mass is 164 g/mol. The van der Waals surface area contributed by atoms with Gasteiger partial charge in [0.1, 0.15) is 0 Å². The van der Waals surface area contributed by atoms with Crippen molar-refractivity contribution in [2.45, 2.75) is 52.4 Å². The van der Waals surface area contributed by atoms with Crippen molar-refractivity contribution in [3.63, 3.8) is 0 Å². The van der Waals surface area contributed by atoms with Gasteiger partial charge in [-0.1, -0.05) is 37.5 Å². The second kappa shape index (κ2) is 4.49. The van der Waals surface area contributed by atoms with E-state index in [-0.39, 0.29) is 0 Å². The van der Waals surface area contributed by atoms with Crippen LogP contribution < -0.4 is 0 Å². The first-order chi connectivity index (χ1) is 5.75. The van der Waals surface area contributed by atoms with E-state index in [2.05, 4.69) is 20.4 Å². The Hall–Kier alpha value is -0.520. The molecule has 0 atom stereocenters. The zero-order chi connectivity index (χ0) is 8.97. The average molecular weight is 164 g/mol. The topological polar surface area (TPSA) is 0 Å². The van der Waals surface area contributed by atoms with E-state index in [1.807, 2.05) is 0 Å². The first-order valence-corrected chi connectivity index (χ1v) is 5.12. The van der Waals surface area contributed by atoms with Crippen molar-refractivity contribution in [3.8, 4) is 0 Å². The van der Waals surface area contributed by atoms with Crippen molar-refractivity contribution in [3.05, 3.63) is 23.3 Å². The van der Waals surface area contributed by atoms with Crippen molar-refractivity contribution >= 4 is 0 Å². The van der Waals surface area contributed by atoms with Gasteiger partial charge in [-0.25, -0.2) is 0 Å². The predicted octanol–water partition coefficient (Wildman–Crippen LogP) is 4.23. The van der Waals surface area contributed by atoms with E-state index in [9.17, 15) is 0 Å². The molecule has 1 aliphatic carbocycles. The van der Waals surface area contributed by atoms with Gasteiger partial charge in [-0.15, -0.1) is 0 Å². The second-order valence-electron chi connectivity index (χ2n) is 3.82. The first-order valence-electron chi connectivity index (χ1n) is 5.12. The van der Waals surface area contributed by atoms with Crippen molar-refractivity contribution < 1.29 is 0 Å². The van der Waals surface area contributed by atoms with Crippen LogP contribution in [-0.4, -0.2) is 0 Å². The maximum absolute atomic E-state index is 4.11. The van der Waals surface area contributed by atoms with Crippen LogP contribution in [-0.2, 0) is 0 Å². The molecule has 0 radical (unpaired) electrons. The molecule has 0 fully saturated rings. The summed E-state index contributed by atoms with van der Waals surface area (Å²) in [6.07, 6.45) is 7.79. The molecule has 0 N–H and O–H groups in total. The molecule has 1 rings (SSSR count). The molecule has 0 saturated heterocycles. The van der Waals surface area contributed by atoms with Crippen LogP contribution in [0.4, 0.5) is 0 Å². The third kappa shape index (κ3) is 2.23. The summed E-state index contributed by atoms with van der Waals surface area (Å²) < 4.78 is 0. The van der Waals surface area contributed by atoms with E-state index >= 15 is 0 Å². The van der Waals surface area contributed by atoms with E-state index in [4.69, 9.17) is 0 Å². The number of hydrogen-bond acceptors (Lipinski definition) is 0. The third-order valence-electron chi connectivity index (χ3n) is 2.77. The molecule has 0 bridgehead atoms. The van der Waals surface area contributed by atoms with Gasteiger partial charge in [0, 0.05) is 0 Å². The van der Waals surface area contributed by atoms with Crippen LogP contribution in [0, 0.1) is 0 Å². The summed E-state index contributed by atoms with van der Waals surface area (Å²) in [5.41, 5.74) is 4.59. The largest absolute Gasteiger partial charge is 0.0955 e. The van der Waals surface area contributed by atoms with Gasteiger partial charge >= 0.3 is 0 Å². The Kier molecular flexibility index (Phi) is 3.58. The zero-order valence-corrected chi connectivity index (χ0v) is 8.45. The lowest BCUT2D eigenvalue weighted by Crippen LogP contribution is -1.84. The van der Waals surface area contributed by atoms with Crippen LogP contribution in [0.1, 0.15) is 52.4 Å². The molecule has 68 valence electrons. The average Bonchev–Trinajstić information content (AvgIpc) is 2.35. The molecule has 12 heavy (non-hydrogen) atoms. The molecule has 0 saturated carbocycles. The van der Waals surface area contributed by atoms with Crippen molar-refractivity contribution in [2.24, 2.45) is 0 Å². The summed E-state index contributed by atoms with van der Waals surface area (Å²) >= 11 is 0. The van der Waals surface area contributed by atoms with E-state index in [1.54, 1.807) is 11.1 Å². The van der Waals surface area contributed by atoms with E-state index in [0.717, 1.165) is 0 Å². The Labute approximate surface area is 76.4 Å². The number of hydrogen-bond donors (Lipinski definition) is 0. The van der Waals surface area contributed by atoms with Gasteiger partial charge in [-0.2, -0.15) is 0 Å². The molecule has 0 heteroatoms. The molecule has 0 heterocycles. The van der Waals surface area contributed by atoms with E-state index < -0.39 is 0 Å². The second-order valence-corrected chi connectivity index (χ2v) is 3.82. The number of rotatable bonds is 4. The maximum atomic E-state index is 4.11. The SMILES string of the molecule is C=C1CCC(C)=C1CCCCC. The summed E-state index contributed by atoms with van der Waals surface area (Å²) in [6, 6.07) is 0. The Balaban J connectivity index is 2.39. The molecule has 0 amide bonds. The fourth-order valence-electron chi connectivity index (χ4n) is 1.88. The van der Waals surface area contributed by atoms with Gasteiger partial charge in [-0.3, -0.25) is 0 Å². The quantitative estimate of drug-likeness (QED) is 0.545. The molecular formula is C12H20. The molecule has 0 unspecified atom stereocenters. The molecular weight excluding hydrogens is 144 g/mol. The van der Waals surface area contributed by atoms with Crippen LogP contribution >= 0.6 is 0 Å². The lowest BCUT2D eigenvalue weighted by molar-refractivity contribution is 0.715. The Morgan fingerprint density at radius 1 is 1.25 bits per heavy atom. The number of unbranched alkanes of at least 4 members (excludes halogenated alkanes) is 2. The van der Waals surface area contributed by atoms with Gasteiger partial charge < -0.3 is 0 Å². The van der Waals surface area contributed by atoms with E-state index in [1.165, 1.54) is 44.1 Å². The van der Waals surface area contributed by atoms with Gasteiger partial charge in [0.05, 0.1) is 0 Å². The summed E-state index contributed by atoms with van der Waals surface area (Å²) in [7, 11) is 0. The smallest absolute Gasteiger partial charge is 0.0245 e. The van der Waals surface area contributed by atoms with Crippen molar-refractivity contribution in [1.29, 1.82) is 0 Å². The van der Waals surface area contributed by atoms with Crippen LogP contribution in [0.3, 0.4) is 0 Å². The molecule has 1 aliphatic rings. The van der Waals surface area contributed by atoms with Gasteiger partial charge in [0.15, 0.2) is 0 Å². The highest BCUT2D eigenvalue weighted by atomic mass is 14.2. The first kappa shape index (κ1) is 9.57. The van der Waals surface area contributed by atoms with Crippen molar-refractivity contribution in [2.75, 3.05) is 0 Å². The van der Waals surface area contributed by atoms with Crippen LogP contribution in [0.15, 0.2) is 23.3 Å². The minimum absolute atomic E-state index is 1.22. The van der Waals surface area contributed by atoms with Gasteiger partial charge in [0.2, 0.25) is 0 Å². The number of allylic oxidation sites excluding steroid dienone is 3. The lowest BCUT2D eigenvalue weighted by Gasteiger charge is -2.04. The molecule has 0 aromatic carbocycles. The minimum Gasteiger partial charge on any atom is -0.0955 e. The van der Waals surface area contributed by atoms with E-state index in [0.29, 0.717) is 0 Å². The van der Waals surface area contributed by atoms with Gasteiger partial charge in [-0.05, 0) is 38.2 Å². The highest BCUT2D eigenvalue weighted by Gasteiger charge is 2.13. The molecule has 0 aliphatic heterocycles. The lowest BCUT2D eigenvalue weighted by atomic mass is 10.0. The Morgan fingerprint density at radius 3 is 2.50 bits per heavy atom. The minimum atomic E-state index is 1.22. The predicted molar refractivity (Wildman–Crippen MR) is 55.2 cm³/mol. The summed E-state index contributed by atoms with van der Waals surface area (Å²) in [5.74, 6) is 0. The zero-order valence-electron chi connectivity index (χ0n) is 8.45. The Bertz CT molecular complexity index is 196. The van der Waals surface area contributed by atoms with Crippen molar-refractivity contribution in [1.82, 2.24) is 0 Å². The highest BCUT2D eigenvalue weighted by Crippen LogP contribution is 2.32. The van der Waals surface area contributed by atoms with Crippen LogP contribution in [0.25, 0.3) is 0 Å². The standard InChI is InChI=1S/C12H20/c1-4-5-6-7-12-10(2)8-9-11(12)3/h2,4-9H2,1,3H3. The summed E-state index contributed by atoms with van der Waals surface area (Å²) in [4.78, 5) is 0. The molecule has 0 aromatic heterocycles. The third-order valence-corrected chi connectivity index (χ3v) is 2.77. The normalized spacial score (nSPS) is 17.7. The highest BCUT2D eigenvalue weighted by molar-refractivity contribution is 5.38. The fraction of sp³-hybridized carbons (Fsp3) is 0.667. The van der Waals surface area contributed by atoms with Crippen LogP contribution in [0.5, 0.6) is 0 Å². The summed E-state index contributed by atoms with van der Waals surface area (Å²) in [5, 5.41) is 0. The van der Waals surface area contributed by atoms with Crippen LogP contribution in [0.2, 0.25) is 0 Å². The molecule has 0 aromatic rings. The summed E-state index contributed by atoms with van der Waals surface area (Å²) in [6.45, 7) is 8.62.